The molecular formula is C11H19N5O3. The van der Waals surface area contributed by atoms with Crippen LogP contribution in [0, 0.1) is 0 Å². The molecule has 106 valence electrons. The number of aromatic nitrogens is 3. The maximum atomic E-state index is 11.5. The lowest BCUT2D eigenvalue weighted by molar-refractivity contribution is -0.119. The first-order chi connectivity index (χ1) is 9.11. The maximum Gasteiger partial charge on any atom is 0.336 e. The highest BCUT2D eigenvalue weighted by Gasteiger charge is 2.06. The standard InChI is InChI=1S/C11H19N5O3/c1-8(17)12-7-5-3-4-6-9(18)13-10-14-11(19-2)16-15-10/h3-7H2,1-2H3,(H,12,17)(H2,13,14,15,16,18). The van der Waals surface area contributed by atoms with Crippen molar-refractivity contribution < 1.29 is 14.3 Å². The molecule has 3 N–H and O–H groups in total. The Labute approximate surface area is 111 Å². The number of ether oxygens (including phenoxy) is 1. The molecule has 0 radical (unpaired) electrons. The van der Waals surface area contributed by atoms with E-state index >= 15 is 0 Å². The van der Waals surface area contributed by atoms with Crippen molar-refractivity contribution in [3.05, 3.63) is 0 Å². The number of nitrogens with zero attached hydrogens (tertiary/aromatic N) is 2. The minimum Gasteiger partial charge on any atom is -0.466 e. The molecule has 2 amide bonds. The quantitative estimate of drug-likeness (QED) is 0.594. The summed E-state index contributed by atoms with van der Waals surface area (Å²) < 4.78 is 4.78. The predicted octanol–water partition coefficient (Wildman–Crippen LogP) is 0.448. The number of hydrogen-bond acceptors (Lipinski definition) is 5. The molecule has 0 aromatic carbocycles. The van der Waals surface area contributed by atoms with Gasteiger partial charge in [0.25, 0.3) is 0 Å². The largest absolute Gasteiger partial charge is 0.466 e. The number of aromatic amines is 1. The number of carbonyl (C=O) groups excluding carboxylic acids is 2. The number of H-pyrrole nitrogens is 1. The van der Waals surface area contributed by atoms with E-state index in [1.807, 2.05) is 0 Å². The van der Waals surface area contributed by atoms with E-state index in [9.17, 15) is 9.59 Å². The number of anilines is 1. The third-order valence-corrected chi connectivity index (χ3v) is 2.36. The van der Waals surface area contributed by atoms with Crippen LogP contribution in [0.2, 0.25) is 0 Å². The Kier molecular flexibility index (Phi) is 6.34. The third-order valence-electron chi connectivity index (χ3n) is 2.36. The van der Waals surface area contributed by atoms with E-state index < -0.39 is 0 Å². The Morgan fingerprint density at radius 1 is 1.32 bits per heavy atom. The fraction of sp³-hybridized carbons (Fsp3) is 0.636. The fourth-order valence-electron chi connectivity index (χ4n) is 1.44. The number of methoxy groups -OCH3 is 1. The molecule has 0 saturated carbocycles. The molecule has 0 atom stereocenters. The van der Waals surface area contributed by atoms with Crippen LogP contribution in [0.3, 0.4) is 0 Å². The van der Waals surface area contributed by atoms with E-state index in [0.717, 1.165) is 19.3 Å². The second-order valence-corrected chi connectivity index (χ2v) is 4.01. The molecule has 1 aromatic rings. The SMILES string of the molecule is COc1n[nH]c(NC(=O)CCCCCNC(C)=O)n1. The number of unbranched alkanes of at least 4 members (excludes halogenated alkanes) is 2. The number of rotatable bonds is 8. The van der Waals surface area contributed by atoms with Crippen LogP contribution in [0.4, 0.5) is 5.95 Å². The van der Waals surface area contributed by atoms with Crippen molar-refractivity contribution >= 4 is 17.8 Å². The molecule has 0 aliphatic carbocycles. The summed E-state index contributed by atoms with van der Waals surface area (Å²) in [5.41, 5.74) is 0. The van der Waals surface area contributed by atoms with Crippen LogP contribution in [0.5, 0.6) is 6.01 Å². The molecule has 8 nitrogen and oxygen atoms in total. The summed E-state index contributed by atoms with van der Waals surface area (Å²) in [6.45, 7) is 2.13. The van der Waals surface area contributed by atoms with Gasteiger partial charge in [0.15, 0.2) is 0 Å². The molecule has 1 aromatic heterocycles. The van der Waals surface area contributed by atoms with Gasteiger partial charge in [0, 0.05) is 19.9 Å². The zero-order valence-electron chi connectivity index (χ0n) is 11.2. The van der Waals surface area contributed by atoms with Gasteiger partial charge in [0.2, 0.25) is 17.8 Å². The Hall–Kier alpha value is -2.12. The van der Waals surface area contributed by atoms with Crippen molar-refractivity contribution in [3.8, 4) is 6.01 Å². The lowest BCUT2D eigenvalue weighted by Gasteiger charge is -2.02. The van der Waals surface area contributed by atoms with Crippen LogP contribution in [-0.2, 0) is 9.59 Å². The average Bonchev–Trinajstić information content (AvgIpc) is 2.81. The number of carbonyl (C=O) groups is 2. The summed E-state index contributed by atoms with van der Waals surface area (Å²) in [5.74, 6) is 0.121. The van der Waals surface area contributed by atoms with E-state index in [1.54, 1.807) is 0 Å². The minimum absolute atomic E-state index is 0.0305. The second kappa shape index (κ2) is 8.06. The molecule has 1 heterocycles. The Morgan fingerprint density at radius 2 is 2.11 bits per heavy atom. The molecule has 0 aliphatic heterocycles. The first-order valence-electron chi connectivity index (χ1n) is 6.12. The van der Waals surface area contributed by atoms with Crippen molar-refractivity contribution in [3.63, 3.8) is 0 Å². The van der Waals surface area contributed by atoms with E-state index in [1.165, 1.54) is 14.0 Å². The molecule has 0 fully saturated rings. The second-order valence-electron chi connectivity index (χ2n) is 4.01. The van der Waals surface area contributed by atoms with Crippen molar-refractivity contribution in [1.82, 2.24) is 20.5 Å². The smallest absolute Gasteiger partial charge is 0.336 e. The minimum atomic E-state index is -0.127. The highest BCUT2D eigenvalue weighted by atomic mass is 16.5. The summed E-state index contributed by atoms with van der Waals surface area (Å²) in [6, 6.07) is 0.186. The Morgan fingerprint density at radius 3 is 2.74 bits per heavy atom. The van der Waals surface area contributed by atoms with Crippen LogP contribution in [0.15, 0.2) is 0 Å². The predicted molar refractivity (Wildman–Crippen MR) is 68.7 cm³/mol. The zero-order valence-corrected chi connectivity index (χ0v) is 11.2. The van der Waals surface area contributed by atoms with Crippen LogP contribution in [0.1, 0.15) is 32.6 Å². The number of amides is 2. The molecule has 0 unspecified atom stereocenters. The van der Waals surface area contributed by atoms with E-state index in [2.05, 4.69) is 25.8 Å². The van der Waals surface area contributed by atoms with Crippen LogP contribution < -0.4 is 15.4 Å². The molecule has 1 rings (SSSR count). The van der Waals surface area contributed by atoms with Crippen molar-refractivity contribution in [2.45, 2.75) is 32.6 Å². The highest BCUT2D eigenvalue weighted by molar-refractivity contribution is 5.88. The van der Waals surface area contributed by atoms with E-state index in [-0.39, 0.29) is 23.8 Å². The van der Waals surface area contributed by atoms with E-state index in [0.29, 0.717) is 13.0 Å². The molecule has 0 aliphatic rings. The third kappa shape index (κ3) is 6.39. The zero-order chi connectivity index (χ0) is 14.1. The molecule has 19 heavy (non-hydrogen) atoms. The average molecular weight is 269 g/mol. The summed E-state index contributed by atoms with van der Waals surface area (Å²) in [4.78, 5) is 26.0. The van der Waals surface area contributed by atoms with Gasteiger partial charge >= 0.3 is 6.01 Å². The van der Waals surface area contributed by atoms with Gasteiger partial charge in [0.05, 0.1) is 7.11 Å². The summed E-state index contributed by atoms with van der Waals surface area (Å²) >= 11 is 0. The molecule has 0 spiro atoms. The van der Waals surface area contributed by atoms with Crippen molar-refractivity contribution in [2.24, 2.45) is 0 Å². The number of nitrogens with one attached hydrogen (secondary N) is 3. The maximum absolute atomic E-state index is 11.5. The first-order valence-corrected chi connectivity index (χ1v) is 6.12. The van der Waals surface area contributed by atoms with Gasteiger partial charge in [0.1, 0.15) is 0 Å². The monoisotopic (exact) mass is 269 g/mol. The molecule has 0 bridgehead atoms. The molecule has 8 heteroatoms. The van der Waals surface area contributed by atoms with Crippen LogP contribution >= 0.6 is 0 Å². The van der Waals surface area contributed by atoms with Gasteiger partial charge in [-0.15, -0.1) is 5.10 Å². The van der Waals surface area contributed by atoms with Gasteiger partial charge in [-0.1, -0.05) is 6.42 Å². The summed E-state index contributed by atoms with van der Waals surface area (Å²) in [7, 11) is 1.45. The first kappa shape index (κ1) is 14.9. The van der Waals surface area contributed by atoms with Gasteiger partial charge in [-0.05, 0) is 12.8 Å². The molecule has 0 saturated heterocycles. The summed E-state index contributed by atoms with van der Waals surface area (Å²) in [5, 5.41) is 11.6. The Balaban J connectivity index is 2.09. The fourth-order valence-corrected chi connectivity index (χ4v) is 1.44. The van der Waals surface area contributed by atoms with E-state index in [4.69, 9.17) is 4.74 Å². The van der Waals surface area contributed by atoms with Crippen LogP contribution in [0.25, 0.3) is 0 Å². The molecular weight excluding hydrogens is 250 g/mol. The lowest BCUT2D eigenvalue weighted by Crippen LogP contribution is -2.20. The summed E-state index contributed by atoms with van der Waals surface area (Å²) in [6.07, 6.45) is 2.91. The normalized spacial score (nSPS) is 10.0. The van der Waals surface area contributed by atoms with Crippen LogP contribution in [-0.4, -0.2) is 40.7 Å². The van der Waals surface area contributed by atoms with Gasteiger partial charge < -0.3 is 10.1 Å². The lowest BCUT2D eigenvalue weighted by atomic mass is 10.2. The van der Waals surface area contributed by atoms with Gasteiger partial charge in [-0.2, -0.15) is 4.98 Å². The topological polar surface area (TPSA) is 109 Å². The highest BCUT2D eigenvalue weighted by Crippen LogP contribution is 2.06. The van der Waals surface area contributed by atoms with Crippen molar-refractivity contribution in [2.75, 3.05) is 19.0 Å². The number of hydrogen-bond donors (Lipinski definition) is 3. The van der Waals surface area contributed by atoms with Gasteiger partial charge in [-0.25, -0.2) is 5.10 Å². The Bertz CT molecular complexity index is 418. The van der Waals surface area contributed by atoms with Gasteiger partial charge in [-0.3, -0.25) is 14.9 Å². The van der Waals surface area contributed by atoms with Crippen molar-refractivity contribution in [1.29, 1.82) is 0 Å².